The molecule has 5 heteroatoms. The van der Waals surface area contributed by atoms with Gasteiger partial charge in [0.1, 0.15) is 0 Å². The molecule has 0 radical (unpaired) electrons. The predicted octanol–water partition coefficient (Wildman–Crippen LogP) is 3.25. The summed E-state index contributed by atoms with van der Waals surface area (Å²) in [4.78, 5) is 10.2. The van der Waals surface area contributed by atoms with Crippen LogP contribution in [0, 0.1) is 6.92 Å². The third-order valence-electron chi connectivity index (χ3n) is 2.61. The lowest BCUT2D eigenvalue weighted by Crippen LogP contribution is -2.10. The average molecular weight is 263 g/mol. The van der Waals surface area contributed by atoms with Crippen molar-refractivity contribution in [1.82, 2.24) is 9.97 Å². The molecule has 0 atom stereocenters. The van der Waals surface area contributed by atoms with E-state index in [-0.39, 0.29) is 0 Å². The molecule has 0 aliphatic heterocycles. The Morgan fingerprint density at radius 1 is 1.17 bits per heavy atom. The molecule has 0 fully saturated rings. The molecule has 0 aliphatic carbocycles. The smallest absolute Gasteiger partial charge is 0.171 e. The molecule has 4 nitrogen and oxygen atoms in total. The summed E-state index contributed by atoms with van der Waals surface area (Å²) in [6.07, 6.45) is 3.17. The van der Waals surface area contributed by atoms with Crippen LogP contribution < -0.4 is 10.2 Å². The van der Waals surface area contributed by atoms with Crippen molar-refractivity contribution in [2.75, 3.05) is 24.3 Å². The Kier molecular flexibility index (Phi) is 3.67. The number of benzene rings is 1. The van der Waals surface area contributed by atoms with E-state index < -0.39 is 0 Å². The average Bonchev–Trinajstić information content (AvgIpc) is 2.34. The summed E-state index contributed by atoms with van der Waals surface area (Å²) in [6, 6.07) is 6.11. The van der Waals surface area contributed by atoms with Gasteiger partial charge in [0.05, 0.1) is 0 Å². The highest BCUT2D eigenvalue weighted by molar-refractivity contribution is 6.31. The van der Waals surface area contributed by atoms with Crippen molar-refractivity contribution >= 4 is 28.8 Å². The zero-order valence-electron chi connectivity index (χ0n) is 10.6. The van der Waals surface area contributed by atoms with E-state index in [1.807, 2.05) is 20.2 Å². The number of aromatic nitrogens is 2. The minimum atomic E-state index is 0.365. The second-order valence-corrected chi connectivity index (χ2v) is 4.57. The molecule has 0 saturated carbocycles. The molecule has 2 aromatic rings. The zero-order chi connectivity index (χ0) is 13.1. The van der Waals surface area contributed by atoms with E-state index in [2.05, 4.69) is 39.2 Å². The summed E-state index contributed by atoms with van der Waals surface area (Å²) in [5.41, 5.74) is 3.31. The normalized spacial score (nSPS) is 10.2. The molecular weight excluding hydrogens is 248 g/mol. The zero-order valence-corrected chi connectivity index (χ0v) is 11.4. The third kappa shape index (κ3) is 2.71. The van der Waals surface area contributed by atoms with Crippen LogP contribution in [-0.4, -0.2) is 24.1 Å². The van der Waals surface area contributed by atoms with Crippen molar-refractivity contribution in [3.8, 4) is 0 Å². The summed E-state index contributed by atoms with van der Waals surface area (Å²) >= 11 is 5.96. The highest BCUT2D eigenvalue weighted by Gasteiger charge is 2.05. The number of nitrogens with one attached hydrogen (secondary N) is 1. The lowest BCUT2D eigenvalue weighted by molar-refractivity contribution is 1.11. The van der Waals surface area contributed by atoms with Gasteiger partial charge in [0.15, 0.2) is 11.0 Å². The molecule has 18 heavy (non-hydrogen) atoms. The maximum Gasteiger partial charge on any atom is 0.171 e. The maximum atomic E-state index is 5.96. The summed E-state index contributed by atoms with van der Waals surface area (Å²) in [6.45, 7) is 2.08. The molecule has 0 unspecified atom stereocenters. The summed E-state index contributed by atoms with van der Waals surface area (Å²) in [5.74, 6) is 0.563. The number of hydrogen-bond acceptors (Lipinski definition) is 4. The standard InChI is InChI=1S/C13H15ClN4/c1-9-4-5-10(8-11(9)18(2)3)17-13-12(14)15-6-7-16-13/h4-8H,1-3H3,(H,16,17). The topological polar surface area (TPSA) is 41.1 Å². The molecule has 1 aromatic carbocycles. The fourth-order valence-electron chi connectivity index (χ4n) is 1.71. The molecule has 94 valence electrons. The Hall–Kier alpha value is -1.81. The number of rotatable bonds is 3. The van der Waals surface area contributed by atoms with E-state index in [0.29, 0.717) is 11.0 Å². The molecule has 0 amide bonds. The molecule has 1 aromatic heterocycles. The van der Waals surface area contributed by atoms with E-state index in [0.717, 1.165) is 11.4 Å². The molecule has 1 heterocycles. The van der Waals surface area contributed by atoms with Gasteiger partial charge in [0.2, 0.25) is 0 Å². The predicted molar refractivity (Wildman–Crippen MR) is 75.8 cm³/mol. The van der Waals surface area contributed by atoms with Crippen LogP contribution in [-0.2, 0) is 0 Å². The molecular formula is C13H15ClN4. The van der Waals surface area contributed by atoms with Crippen LogP contribution in [0.4, 0.5) is 17.2 Å². The minimum Gasteiger partial charge on any atom is -0.377 e. The van der Waals surface area contributed by atoms with Crippen LogP contribution in [0.2, 0.25) is 5.15 Å². The van der Waals surface area contributed by atoms with E-state index in [4.69, 9.17) is 11.6 Å². The largest absolute Gasteiger partial charge is 0.377 e. The van der Waals surface area contributed by atoms with E-state index in [1.165, 1.54) is 5.56 Å². The first-order valence-corrected chi connectivity index (χ1v) is 5.97. The SMILES string of the molecule is Cc1ccc(Nc2nccnc2Cl)cc1N(C)C. The van der Waals surface area contributed by atoms with E-state index in [1.54, 1.807) is 12.4 Å². The van der Waals surface area contributed by atoms with Crippen molar-refractivity contribution in [3.05, 3.63) is 41.3 Å². The van der Waals surface area contributed by atoms with Crippen molar-refractivity contribution in [1.29, 1.82) is 0 Å². The summed E-state index contributed by atoms with van der Waals surface area (Å²) in [5, 5.41) is 3.53. The fraction of sp³-hybridized carbons (Fsp3) is 0.231. The van der Waals surface area contributed by atoms with Crippen molar-refractivity contribution < 1.29 is 0 Å². The van der Waals surface area contributed by atoms with Crippen molar-refractivity contribution in [3.63, 3.8) is 0 Å². The van der Waals surface area contributed by atoms with Crippen molar-refractivity contribution in [2.45, 2.75) is 6.92 Å². The lowest BCUT2D eigenvalue weighted by atomic mass is 10.1. The van der Waals surface area contributed by atoms with Gasteiger partial charge in [-0.25, -0.2) is 9.97 Å². The first-order chi connectivity index (χ1) is 8.58. The highest BCUT2D eigenvalue weighted by Crippen LogP contribution is 2.26. The third-order valence-corrected chi connectivity index (χ3v) is 2.88. The quantitative estimate of drug-likeness (QED) is 0.922. The minimum absolute atomic E-state index is 0.365. The van der Waals surface area contributed by atoms with Gasteiger partial charge in [-0.3, -0.25) is 0 Å². The van der Waals surface area contributed by atoms with Gasteiger partial charge >= 0.3 is 0 Å². The van der Waals surface area contributed by atoms with Gasteiger partial charge in [0.25, 0.3) is 0 Å². The van der Waals surface area contributed by atoms with Crippen LogP contribution in [0.3, 0.4) is 0 Å². The van der Waals surface area contributed by atoms with Crippen LogP contribution in [0.15, 0.2) is 30.6 Å². The first-order valence-electron chi connectivity index (χ1n) is 5.59. The molecule has 0 aliphatic rings. The number of halogens is 1. The Balaban J connectivity index is 2.30. The van der Waals surface area contributed by atoms with Crippen LogP contribution in [0.1, 0.15) is 5.56 Å². The Labute approximate surface area is 112 Å². The van der Waals surface area contributed by atoms with Gasteiger partial charge in [-0.2, -0.15) is 0 Å². The maximum absolute atomic E-state index is 5.96. The fourth-order valence-corrected chi connectivity index (χ4v) is 1.86. The Bertz CT molecular complexity index is 554. The molecule has 2 rings (SSSR count). The second kappa shape index (κ2) is 5.23. The van der Waals surface area contributed by atoms with Gasteiger partial charge in [0, 0.05) is 37.9 Å². The molecule has 0 saturated heterocycles. The Morgan fingerprint density at radius 3 is 2.56 bits per heavy atom. The lowest BCUT2D eigenvalue weighted by Gasteiger charge is -2.17. The number of anilines is 3. The molecule has 0 spiro atoms. The van der Waals surface area contributed by atoms with Gasteiger partial charge < -0.3 is 10.2 Å². The molecule has 0 bridgehead atoms. The Morgan fingerprint density at radius 2 is 1.89 bits per heavy atom. The van der Waals surface area contributed by atoms with Crippen molar-refractivity contribution in [2.24, 2.45) is 0 Å². The second-order valence-electron chi connectivity index (χ2n) is 4.22. The summed E-state index contributed by atoms with van der Waals surface area (Å²) < 4.78 is 0. The van der Waals surface area contributed by atoms with Crippen LogP contribution in [0.25, 0.3) is 0 Å². The number of aryl methyl sites for hydroxylation is 1. The molecule has 1 N–H and O–H groups in total. The number of nitrogens with zero attached hydrogens (tertiary/aromatic N) is 3. The van der Waals surface area contributed by atoms with Gasteiger partial charge in [-0.15, -0.1) is 0 Å². The van der Waals surface area contributed by atoms with Gasteiger partial charge in [-0.05, 0) is 24.6 Å². The number of hydrogen-bond donors (Lipinski definition) is 1. The van der Waals surface area contributed by atoms with Crippen LogP contribution >= 0.6 is 11.6 Å². The van der Waals surface area contributed by atoms with Crippen LogP contribution in [0.5, 0.6) is 0 Å². The van der Waals surface area contributed by atoms with E-state index in [9.17, 15) is 0 Å². The van der Waals surface area contributed by atoms with E-state index >= 15 is 0 Å². The van der Waals surface area contributed by atoms with Gasteiger partial charge in [-0.1, -0.05) is 17.7 Å². The highest BCUT2D eigenvalue weighted by atomic mass is 35.5. The summed E-state index contributed by atoms with van der Waals surface area (Å²) in [7, 11) is 4.03. The monoisotopic (exact) mass is 262 g/mol. The first kappa shape index (κ1) is 12.6.